The van der Waals surface area contributed by atoms with E-state index < -0.39 is 0 Å². The highest BCUT2D eigenvalue weighted by atomic mass is 15.4. The number of fused-ring (bicyclic) bond motifs is 2. The summed E-state index contributed by atoms with van der Waals surface area (Å²) in [7, 11) is 2.22. The van der Waals surface area contributed by atoms with Gasteiger partial charge in [0.1, 0.15) is 5.82 Å². The number of hydrogen-bond acceptors (Lipinski definition) is 6. The molecule has 2 unspecified atom stereocenters. The summed E-state index contributed by atoms with van der Waals surface area (Å²) >= 11 is 0. The lowest BCUT2D eigenvalue weighted by Gasteiger charge is -2.32. The Labute approximate surface area is 176 Å². The maximum Gasteiger partial charge on any atom is 0.227 e. The second kappa shape index (κ2) is 7.09. The summed E-state index contributed by atoms with van der Waals surface area (Å²) in [6.45, 7) is 2.09. The maximum atomic E-state index is 4.97. The van der Waals surface area contributed by atoms with E-state index in [9.17, 15) is 0 Å². The molecule has 2 bridgehead atoms. The Morgan fingerprint density at radius 1 is 1.03 bits per heavy atom. The smallest absolute Gasteiger partial charge is 0.227 e. The molecule has 2 aromatic heterocycles. The van der Waals surface area contributed by atoms with Crippen LogP contribution in [-0.2, 0) is 6.42 Å². The van der Waals surface area contributed by atoms with Crippen LogP contribution in [0, 0.1) is 0 Å². The molecule has 6 rings (SSSR count). The Morgan fingerprint density at radius 2 is 1.90 bits per heavy atom. The van der Waals surface area contributed by atoms with Crippen LogP contribution in [0.4, 0.5) is 17.6 Å². The average Bonchev–Trinajstić information content (AvgIpc) is 3.18. The topological polar surface area (TPSA) is 73.0 Å². The number of benzene rings is 1. The molecule has 1 aliphatic carbocycles. The zero-order chi connectivity index (χ0) is 20.1. The van der Waals surface area contributed by atoms with Gasteiger partial charge in [-0.3, -0.25) is 10.00 Å². The highest BCUT2D eigenvalue weighted by Gasteiger charge is 2.42. The first-order valence-corrected chi connectivity index (χ1v) is 10.9. The van der Waals surface area contributed by atoms with Crippen molar-refractivity contribution < 1.29 is 0 Å². The summed E-state index contributed by atoms with van der Waals surface area (Å²) in [5.41, 5.74) is 3.51. The highest BCUT2D eigenvalue weighted by Crippen LogP contribution is 2.39. The number of likely N-dealkylation sites (tertiary alicyclic amines) is 1. The molecular weight excluding hydrogens is 374 g/mol. The number of aromatic amines is 1. The average molecular weight is 402 g/mol. The number of nitrogens with one attached hydrogen (secondary N) is 2. The summed E-state index contributed by atoms with van der Waals surface area (Å²) in [4.78, 5) is 14.7. The summed E-state index contributed by atoms with van der Waals surface area (Å²) in [6.07, 6.45) is 4.51. The molecule has 7 nitrogen and oxygen atoms in total. The number of hydrogen-bond donors (Lipinski definition) is 2. The predicted octanol–water partition coefficient (Wildman–Crippen LogP) is 3.30. The third kappa shape index (κ3) is 3.43. The van der Waals surface area contributed by atoms with Gasteiger partial charge in [-0.15, -0.1) is 0 Å². The largest absolute Gasteiger partial charge is 0.335 e. The lowest BCUT2D eigenvalue weighted by molar-refractivity contribution is 0.291. The molecule has 3 fully saturated rings. The van der Waals surface area contributed by atoms with E-state index in [2.05, 4.69) is 68.8 Å². The molecule has 4 heterocycles. The molecule has 7 heteroatoms. The minimum Gasteiger partial charge on any atom is -0.335 e. The summed E-state index contributed by atoms with van der Waals surface area (Å²) < 4.78 is 0. The van der Waals surface area contributed by atoms with Gasteiger partial charge in [0.2, 0.25) is 5.95 Å². The molecule has 1 saturated carbocycles. The first kappa shape index (κ1) is 17.9. The van der Waals surface area contributed by atoms with E-state index in [1.807, 2.05) is 6.07 Å². The molecule has 2 atom stereocenters. The number of anilines is 3. The van der Waals surface area contributed by atoms with Crippen LogP contribution in [0.2, 0.25) is 0 Å². The van der Waals surface area contributed by atoms with Gasteiger partial charge in [0.05, 0.1) is 5.69 Å². The van der Waals surface area contributed by atoms with Gasteiger partial charge in [-0.1, -0.05) is 30.3 Å². The van der Waals surface area contributed by atoms with Crippen LogP contribution in [0.25, 0.3) is 0 Å². The third-order valence-electron chi connectivity index (χ3n) is 6.64. The Kier molecular flexibility index (Phi) is 4.23. The molecule has 154 valence electrons. The number of likely N-dealkylation sites (N-methyl/N-ethyl adjacent to an activating group) is 1. The van der Waals surface area contributed by atoms with E-state index in [1.54, 1.807) is 0 Å². The lowest BCUT2D eigenvalue weighted by Crippen LogP contribution is -2.45. The zero-order valence-electron chi connectivity index (χ0n) is 17.3. The van der Waals surface area contributed by atoms with Crippen LogP contribution in [0.15, 0.2) is 42.5 Å². The Morgan fingerprint density at radius 3 is 2.63 bits per heavy atom. The van der Waals surface area contributed by atoms with Crippen molar-refractivity contribution in [2.24, 2.45) is 0 Å². The van der Waals surface area contributed by atoms with Crippen molar-refractivity contribution in [3.63, 3.8) is 0 Å². The van der Waals surface area contributed by atoms with Gasteiger partial charge in [0.25, 0.3) is 0 Å². The quantitative estimate of drug-likeness (QED) is 0.660. The summed E-state index contributed by atoms with van der Waals surface area (Å²) in [5, 5.41) is 11.0. The molecule has 2 aliphatic heterocycles. The summed E-state index contributed by atoms with van der Waals surface area (Å²) in [5.74, 6) is 3.13. The summed E-state index contributed by atoms with van der Waals surface area (Å²) in [6, 6.07) is 15.8. The fourth-order valence-corrected chi connectivity index (χ4v) is 4.82. The Hall–Kier alpha value is -2.93. The molecular formula is C23H27N7. The minimum atomic E-state index is 0.506. The van der Waals surface area contributed by atoms with Crippen molar-refractivity contribution in [2.45, 2.75) is 43.7 Å². The van der Waals surface area contributed by atoms with Gasteiger partial charge in [-0.2, -0.15) is 10.1 Å². The van der Waals surface area contributed by atoms with Crippen molar-refractivity contribution in [3.8, 4) is 0 Å². The van der Waals surface area contributed by atoms with Crippen LogP contribution >= 0.6 is 0 Å². The molecule has 2 N–H and O–H groups in total. The number of nitrogens with zero attached hydrogens (tertiary/aromatic N) is 5. The van der Waals surface area contributed by atoms with Crippen molar-refractivity contribution in [3.05, 3.63) is 59.4 Å². The zero-order valence-corrected chi connectivity index (χ0v) is 17.3. The molecule has 0 amide bonds. The van der Waals surface area contributed by atoms with Crippen molar-refractivity contribution in [1.29, 1.82) is 0 Å². The molecule has 3 aromatic rings. The van der Waals surface area contributed by atoms with Crippen LogP contribution in [0.5, 0.6) is 0 Å². The SMILES string of the molecule is CN1CC2CC1CN2c1nc(Cc2ccccc2)cc(Nc2cc(C3CC3)[nH]n2)n1. The van der Waals surface area contributed by atoms with E-state index in [0.29, 0.717) is 18.0 Å². The first-order valence-electron chi connectivity index (χ1n) is 10.9. The van der Waals surface area contributed by atoms with Crippen molar-refractivity contribution in [2.75, 3.05) is 30.4 Å². The Balaban J connectivity index is 1.30. The number of H-pyrrole nitrogens is 1. The number of piperazine rings is 1. The third-order valence-corrected chi connectivity index (χ3v) is 6.64. The highest BCUT2D eigenvalue weighted by molar-refractivity contribution is 5.56. The molecule has 3 aliphatic rings. The molecule has 0 spiro atoms. The molecule has 30 heavy (non-hydrogen) atoms. The number of aromatic nitrogens is 4. The van der Waals surface area contributed by atoms with Gasteiger partial charge in [-0.05, 0) is 31.9 Å². The normalized spacial score (nSPS) is 23.3. The predicted molar refractivity (Wildman–Crippen MR) is 117 cm³/mol. The van der Waals surface area contributed by atoms with Crippen LogP contribution < -0.4 is 10.2 Å². The van der Waals surface area contributed by atoms with Crippen molar-refractivity contribution >= 4 is 17.6 Å². The van der Waals surface area contributed by atoms with Gasteiger partial charge < -0.3 is 10.2 Å². The molecule has 2 saturated heterocycles. The van der Waals surface area contributed by atoms with E-state index in [0.717, 1.165) is 42.8 Å². The lowest BCUT2D eigenvalue weighted by atomic mass is 10.1. The van der Waals surface area contributed by atoms with Gasteiger partial charge >= 0.3 is 0 Å². The van der Waals surface area contributed by atoms with Crippen molar-refractivity contribution in [1.82, 2.24) is 25.1 Å². The Bertz CT molecular complexity index is 1040. The van der Waals surface area contributed by atoms with E-state index in [1.165, 1.54) is 30.5 Å². The molecule has 0 radical (unpaired) electrons. The molecule has 1 aromatic carbocycles. The van der Waals surface area contributed by atoms with Crippen LogP contribution in [0.3, 0.4) is 0 Å². The van der Waals surface area contributed by atoms with E-state index in [4.69, 9.17) is 9.97 Å². The van der Waals surface area contributed by atoms with Gasteiger partial charge in [0, 0.05) is 55.3 Å². The van der Waals surface area contributed by atoms with Crippen LogP contribution in [-0.4, -0.2) is 57.3 Å². The number of rotatable bonds is 6. The fourth-order valence-electron chi connectivity index (χ4n) is 4.82. The monoisotopic (exact) mass is 401 g/mol. The fraction of sp³-hybridized carbons (Fsp3) is 0.435. The second-order valence-corrected chi connectivity index (χ2v) is 8.95. The van der Waals surface area contributed by atoms with Gasteiger partial charge in [0.15, 0.2) is 5.82 Å². The standard InChI is InChI=1S/C23H27N7/c1-29-13-19-11-18(29)14-30(19)23-24-17(9-15-5-3-2-4-6-15)10-21(26-23)25-22-12-20(27-28-22)16-7-8-16/h2-6,10,12,16,18-19H,7-9,11,13-14H2,1H3,(H2,24,25,26,27,28). The van der Waals surface area contributed by atoms with E-state index >= 15 is 0 Å². The minimum absolute atomic E-state index is 0.506. The first-order chi connectivity index (χ1) is 14.7. The van der Waals surface area contributed by atoms with Gasteiger partial charge in [-0.25, -0.2) is 4.98 Å². The van der Waals surface area contributed by atoms with E-state index in [-0.39, 0.29) is 0 Å². The maximum absolute atomic E-state index is 4.97. The second-order valence-electron chi connectivity index (χ2n) is 8.95. The van der Waals surface area contributed by atoms with Crippen LogP contribution in [0.1, 0.15) is 42.1 Å².